The van der Waals surface area contributed by atoms with Crippen LogP contribution in [0.4, 0.5) is 0 Å². The van der Waals surface area contributed by atoms with Crippen LogP contribution >= 0.6 is 11.6 Å². The summed E-state index contributed by atoms with van der Waals surface area (Å²) in [5.74, 6) is -0.352. The van der Waals surface area contributed by atoms with E-state index >= 15 is 0 Å². The molecule has 0 radical (unpaired) electrons. The van der Waals surface area contributed by atoms with Gasteiger partial charge in [-0.25, -0.2) is 4.79 Å². The van der Waals surface area contributed by atoms with Crippen LogP contribution in [0.5, 0.6) is 5.75 Å². The molecule has 118 valence electrons. The number of benzene rings is 2. The number of halogens is 1. The lowest BCUT2D eigenvalue weighted by Crippen LogP contribution is -2.13. The molecule has 0 aliphatic heterocycles. The fourth-order valence-electron chi connectivity index (χ4n) is 2.59. The first-order valence-corrected chi connectivity index (χ1v) is 7.64. The minimum absolute atomic E-state index is 0.258. The van der Waals surface area contributed by atoms with Gasteiger partial charge in [-0.1, -0.05) is 35.9 Å². The van der Waals surface area contributed by atoms with E-state index in [0.717, 1.165) is 16.5 Å². The number of rotatable bonds is 5. The van der Waals surface area contributed by atoms with Gasteiger partial charge in [0.25, 0.3) is 0 Å². The van der Waals surface area contributed by atoms with E-state index in [9.17, 15) is 9.90 Å². The average molecular weight is 330 g/mol. The van der Waals surface area contributed by atoms with E-state index in [1.807, 2.05) is 37.3 Å². The van der Waals surface area contributed by atoms with E-state index in [0.29, 0.717) is 23.9 Å². The maximum Gasteiger partial charge on any atom is 0.352 e. The Morgan fingerprint density at radius 2 is 2.00 bits per heavy atom. The van der Waals surface area contributed by atoms with Crippen molar-refractivity contribution in [3.63, 3.8) is 0 Å². The largest absolute Gasteiger partial charge is 0.490 e. The monoisotopic (exact) mass is 329 g/mol. The molecule has 0 aliphatic carbocycles. The molecule has 0 unspecified atom stereocenters. The van der Waals surface area contributed by atoms with Crippen molar-refractivity contribution < 1.29 is 14.6 Å². The molecule has 0 bridgehead atoms. The molecular weight excluding hydrogens is 314 g/mol. The number of aromatic nitrogens is 1. The number of carbonyl (C=O) groups is 1. The lowest BCUT2D eigenvalue weighted by atomic mass is 10.2. The Bertz CT molecular complexity index is 870. The van der Waals surface area contributed by atoms with Crippen LogP contribution < -0.4 is 4.74 Å². The van der Waals surface area contributed by atoms with E-state index in [2.05, 4.69) is 0 Å². The lowest BCUT2D eigenvalue weighted by molar-refractivity contribution is 0.0684. The first kappa shape index (κ1) is 15.4. The zero-order valence-electron chi connectivity index (χ0n) is 12.6. The second kappa shape index (κ2) is 6.34. The summed E-state index contributed by atoms with van der Waals surface area (Å²) in [6.07, 6.45) is 0. The zero-order valence-corrected chi connectivity index (χ0v) is 13.4. The number of aromatic carboxylic acids is 1. The van der Waals surface area contributed by atoms with Crippen LogP contribution in [0.2, 0.25) is 5.02 Å². The van der Waals surface area contributed by atoms with Gasteiger partial charge in [-0.05, 0) is 36.8 Å². The van der Waals surface area contributed by atoms with Crippen molar-refractivity contribution >= 4 is 28.5 Å². The molecular formula is C18H16ClNO3. The summed E-state index contributed by atoms with van der Waals surface area (Å²) < 4.78 is 7.44. The van der Waals surface area contributed by atoms with Crippen molar-refractivity contribution in [3.8, 4) is 5.75 Å². The Morgan fingerprint density at radius 1 is 1.22 bits per heavy atom. The molecule has 0 spiro atoms. The van der Waals surface area contributed by atoms with Crippen LogP contribution in [0.1, 0.15) is 16.1 Å². The van der Waals surface area contributed by atoms with Crippen LogP contribution in [0, 0.1) is 6.92 Å². The molecule has 0 atom stereocenters. The SMILES string of the molecule is Cc1ccc2cc(C(=O)O)n(CCOc3ccccc3Cl)c2c1. The Labute approximate surface area is 138 Å². The van der Waals surface area contributed by atoms with Gasteiger partial charge in [0.2, 0.25) is 0 Å². The summed E-state index contributed by atoms with van der Waals surface area (Å²) in [4.78, 5) is 11.5. The Hall–Kier alpha value is -2.46. The van der Waals surface area contributed by atoms with Crippen LogP contribution in [0.15, 0.2) is 48.5 Å². The second-order valence-electron chi connectivity index (χ2n) is 5.33. The minimum atomic E-state index is -0.948. The highest BCUT2D eigenvalue weighted by Crippen LogP contribution is 2.24. The number of carboxylic acid groups (broad SMARTS) is 1. The van der Waals surface area contributed by atoms with Crippen molar-refractivity contribution in [2.24, 2.45) is 0 Å². The molecule has 1 aromatic heterocycles. The maximum atomic E-state index is 11.5. The van der Waals surface area contributed by atoms with E-state index < -0.39 is 5.97 Å². The van der Waals surface area contributed by atoms with Crippen LogP contribution in [0.3, 0.4) is 0 Å². The Balaban J connectivity index is 1.86. The molecule has 23 heavy (non-hydrogen) atoms. The van der Waals surface area contributed by atoms with Crippen molar-refractivity contribution in [1.82, 2.24) is 4.57 Å². The van der Waals surface area contributed by atoms with Gasteiger partial charge in [0.1, 0.15) is 18.1 Å². The molecule has 3 aromatic rings. The number of carboxylic acids is 1. The molecule has 0 aliphatic rings. The highest BCUT2D eigenvalue weighted by atomic mass is 35.5. The molecule has 3 rings (SSSR count). The predicted octanol–water partition coefficient (Wildman–Crippen LogP) is 4.38. The number of ether oxygens (including phenoxy) is 1. The third kappa shape index (κ3) is 3.17. The van der Waals surface area contributed by atoms with Gasteiger partial charge in [0.05, 0.1) is 11.6 Å². The highest BCUT2D eigenvalue weighted by Gasteiger charge is 2.14. The summed E-state index contributed by atoms with van der Waals surface area (Å²) in [7, 11) is 0. The third-order valence-corrected chi connectivity index (χ3v) is 4.00. The van der Waals surface area contributed by atoms with Gasteiger partial charge in [0, 0.05) is 10.9 Å². The standard InChI is InChI=1S/C18H16ClNO3/c1-12-6-7-13-11-16(18(21)22)20(15(13)10-12)8-9-23-17-5-3-2-4-14(17)19/h2-7,10-11H,8-9H2,1H3,(H,21,22). The smallest absolute Gasteiger partial charge is 0.352 e. The lowest BCUT2D eigenvalue weighted by Gasteiger charge is -2.11. The van der Waals surface area contributed by atoms with E-state index in [1.165, 1.54) is 0 Å². The van der Waals surface area contributed by atoms with E-state index in [-0.39, 0.29) is 5.69 Å². The van der Waals surface area contributed by atoms with Gasteiger partial charge in [-0.3, -0.25) is 0 Å². The van der Waals surface area contributed by atoms with Gasteiger partial charge >= 0.3 is 5.97 Å². The summed E-state index contributed by atoms with van der Waals surface area (Å²) in [5, 5.41) is 10.9. The molecule has 1 N–H and O–H groups in total. The second-order valence-corrected chi connectivity index (χ2v) is 5.73. The average Bonchev–Trinajstić information content (AvgIpc) is 2.87. The summed E-state index contributed by atoms with van der Waals surface area (Å²) in [5.41, 5.74) is 2.24. The molecule has 2 aromatic carbocycles. The molecule has 1 heterocycles. The number of hydrogen-bond acceptors (Lipinski definition) is 2. The van der Waals surface area contributed by atoms with Crippen molar-refractivity contribution in [1.29, 1.82) is 0 Å². The van der Waals surface area contributed by atoms with Crippen molar-refractivity contribution in [3.05, 3.63) is 64.8 Å². The van der Waals surface area contributed by atoms with Gasteiger partial charge in [-0.2, -0.15) is 0 Å². The highest BCUT2D eigenvalue weighted by molar-refractivity contribution is 6.32. The fourth-order valence-corrected chi connectivity index (χ4v) is 2.78. The Kier molecular flexibility index (Phi) is 4.26. The fraction of sp³-hybridized carbons (Fsp3) is 0.167. The number of hydrogen-bond donors (Lipinski definition) is 1. The summed E-state index contributed by atoms with van der Waals surface area (Å²) >= 11 is 6.06. The van der Waals surface area contributed by atoms with Crippen molar-refractivity contribution in [2.45, 2.75) is 13.5 Å². The minimum Gasteiger partial charge on any atom is -0.490 e. The summed E-state index contributed by atoms with van der Waals surface area (Å²) in [6, 6.07) is 14.8. The quantitative estimate of drug-likeness (QED) is 0.755. The van der Waals surface area contributed by atoms with Crippen molar-refractivity contribution in [2.75, 3.05) is 6.61 Å². The molecule has 0 fully saturated rings. The molecule has 4 nitrogen and oxygen atoms in total. The van der Waals surface area contributed by atoms with E-state index in [4.69, 9.17) is 16.3 Å². The van der Waals surface area contributed by atoms with Crippen LogP contribution in [-0.4, -0.2) is 22.2 Å². The van der Waals surface area contributed by atoms with E-state index in [1.54, 1.807) is 22.8 Å². The number of para-hydroxylation sites is 1. The molecule has 0 saturated heterocycles. The van der Waals surface area contributed by atoms with Gasteiger partial charge in [0.15, 0.2) is 0 Å². The molecule has 0 amide bonds. The maximum absolute atomic E-state index is 11.5. The van der Waals surface area contributed by atoms with Crippen LogP contribution in [0.25, 0.3) is 10.9 Å². The summed E-state index contributed by atoms with van der Waals surface area (Å²) in [6.45, 7) is 2.75. The Morgan fingerprint density at radius 3 is 2.74 bits per heavy atom. The van der Waals surface area contributed by atoms with Gasteiger partial charge < -0.3 is 14.4 Å². The number of fused-ring (bicyclic) bond motifs is 1. The predicted molar refractivity (Wildman–Crippen MR) is 90.6 cm³/mol. The third-order valence-electron chi connectivity index (χ3n) is 3.69. The number of nitrogens with zero attached hydrogens (tertiary/aromatic N) is 1. The first-order chi connectivity index (χ1) is 11.1. The first-order valence-electron chi connectivity index (χ1n) is 7.27. The topological polar surface area (TPSA) is 51.5 Å². The normalized spacial score (nSPS) is 10.9. The zero-order chi connectivity index (χ0) is 16.4. The molecule has 0 saturated carbocycles. The number of aryl methyl sites for hydroxylation is 1. The van der Waals surface area contributed by atoms with Gasteiger partial charge in [-0.15, -0.1) is 0 Å². The van der Waals surface area contributed by atoms with Crippen LogP contribution in [-0.2, 0) is 6.54 Å². The molecule has 5 heteroatoms.